The summed E-state index contributed by atoms with van der Waals surface area (Å²) in [6, 6.07) is 0.697. The zero-order valence-corrected chi connectivity index (χ0v) is 19.8. The van der Waals surface area contributed by atoms with Gasteiger partial charge in [-0.3, -0.25) is 4.48 Å². The molecule has 1 atom stereocenters. The van der Waals surface area contributed by atoms with Crippen LogP contribution in [0.5, 0.6) is 0 Å². The van der Waals surface area contributed by atoms with Crippen LogP contribution in [0.1, 0.15) is 130 Å². The van der Waals surface area contributed by atoms with Gasteiger partial charge in [0.15, 0.2) is 0 Å². The van der Waals surface area contributed by atoms with Gasteiger partial charge in [0, 0.05) is 0 Å². The zero-order chi connectivity index (χ0) is 20.3. The number of nitrogens with zero attached hydrogens (tertiary/aromatic N) is 1. The van der Waals surface area contributed by atoms with E-state index in [9.17, 15) is 0 Å². The molecule has 0 amide bonds. The molecule has 0 saturated heterocycles. The minimum Gasteiger partial charge on any atom is -0.292 e. The van der Waals surface area contributed by atoms with Gasteiger partial charge in [-0.2, -0.15) is 0 Å². The molecule has 1 heteroatoms. The Morgan fingerprint density at radius 3 is 1.39 bits per heavy atom. The monoisotopic (exact) mass is 390 g/mol. The lowest BCUT2D eigenvalue weighted by atomic mass is 10.0. The smallest absolute Gasteiger partial charge is 0.102 e. The number of hydrogen-bond donors (Lipinski definition) is 0. The van der Waals surface area contributed by atoms with Crippen LogP contribution in [0.15, 0.2) is 24.4 Å². The van der Waals surface area contributed by atoms with E-state index in [4.69, 9.17) is 0 Å². The van der Waals surface area contributed by atoms with Crippen molar-refractivity contribution in [3.8, 4) is 0 Å². The molecular formula is C27H52N+. The molecule has 0 spiro atoms. The molecule has 0 aromatic rings. The number of unbranched alkanes of at least 4 members (excludes halogenated alkanes) is 16. The van der Waals surface area contributed by atoms with Crippen LogP contribution in [0.4, 0.5) is 0 Å². The van der Waals surface area contributed by atoms with Crippen LogP contribution in [0.2, 0.25) is 0 Å². The van der Waals surface area contributed by atoms with Gasteiger partial charge >= 0.3 is 0 Å². The molecule has 0 radical (unpaired) electrons. The van der Waals surface area contributed by atoms with Gasteiger partial charge in [-0.05, 0) is 38.8 Å². The average Bonchev–Trinajstić information content (AvgIpc) is 2.71. The van der Waals surface area contributed by atoms with E-state index in [-0.39, 0.29) is 0 Å². The van der Waals surface area contributed by atoms with E-state index >= 15 is 0 Å². The molecular weight excluding hydrogens is 338 g/mol. The number of rotatable bonds is 19. The highest BCUT2D eigenvalue weighted by Gasteiger charge is 2.27. The maximum Gasteiger partial charge on any atom is 0.102 e. The molecule has 0 bridgehead atoms. The maximum atomic E-state index is 2.43. The quantitative estimate of drug-likeness (QED) is 0.152. The largest absolute Gasteiger partial charge is 0.292 e. The molecule has 0 saturated carbocycles. The molecule has 0 N–H and O–H groups in total. The third kappa shape index (κ3) is 12.1. The van der Waals surface area contributed by atoms with Gasteiger partial charge in [0.05, 0.1) is 18.8 Å². The van der Waals surface area contributed by atoms with E-state index in [0.29, 0.717) is 6.04 Å². The summed E-state index contributed by atoms with van der Waals surface area (Å²) in [4.78, 5) is 0. The lowest BCUT2D eigenvalue weighted by Gasteiger charge is -2.39. The Labute approximate surface area is 178 Å². The first-order valence-corrected chi connectivity index (χ1v) is 12.9. The summed E-state index contributed by atoms with van der Waals surface area (Å²) in [6.07, 6.45) is 33.9. The van der Waals surface area contributed by atoms with Gasteiger partial charge in [0.1, 0.15) is 6.54 Å². The fourth-order valence-corrected chi connectivity index (χ4v) is 4.56. The Morgan fingerprint density at radius 2 is 1.04 bits per heavy atom. The predicted molar refractivity (Wildman–Crippen MR) is 128 cm³/mol. The molecule has 1 aliphatic heterocycles. The van der Waals surface area contributed by atoms with Gasteiger partial charge in [-0.1, -0.05) is 109 Å². The van der Waals surface area contributed by atoms with Gasteiger partial charge < -0.3 is 0 Å². The van der Waals surface area contributed by atoms with Crippen LogP contribution < -0.4 is 0 Å². The van der Waals surface area contributed by atoms with Crippen LogP contribution in [0.25, 0.3) is 0 Å². The summed E-state index contributed by atoms with van der Waals surface area (Å²) >= 11 is 0. The van der Waals surface area contributed by atoms with E-state index in [1.165, 1.54) is 122 Å². The Bertz CT molecular complexity index is 395. The van der Waals surface area contributed by atoms with Gasteiger partial charge in [0.2, 0.25) is 0 Å². The molecule has 1 aliphatic rings. The van der Waals surface area contributed by atoms with Crippen molar-refractivity contribution in [3.05, 3.63) is 24.4 Å². The molecule has 1 heterocycles. The summed E-state index contributed by atoms with van der Waals surface area (Å²) in [5.41, 5.74) is 0. The Kier molecular flexibility index (Phi) is 15.8. The second-order valence-electron chi connectivity index (χ2n) is 9.53. The molecule has 0 aliphatic carbocycles. The average molecular weight is 391 g/mol. The van der Waals surface area contributed by atoms with Crippen molar-refractivity contribution in [1.82, 2.24) is 0 Å². The summed E-state index contributed by atoms with van der Waals surface area (Å²) in [5, 5.41) is 0. The van der Waals surface area contributed by atoms with Crippen LogP contribution in [0, 0.1) is 0 Å². The van der Waals surface area contributed by atoms with Crippen molar-refractivity contribution >= 4 is 0 Å². The van der Waals surface area contributed by atoms with Crippen molar-refractivity contribution in [2.75, 3.05) is 13.1 Å². The third-order valence-electron chi connectivity index (χ3n) is 6.78. The fraction of sp³-hybridized carbons (Fsp3) is 0.852. The van der Waals surface area contributed by atoms with Crippen molar-refractivity contribution in [2.45, 2.75) is 136 Å². The number of allylic oxidation sites excluding steroid dienone is 2. The molecule has 1 nitrogen and oxygen atoms in total. The van der Waals surface area contributed by atoms with Crippen LogP contribution in [0.3, 0.4) is 0 Å². The van der Waals surface area contributed by atoms with E-state index in [2.05, 4.69) is 45.2 Å². The number of hydrogen-bond acceptors (Lipinski definition) is 0. The molecule has 1 unspecified atom stereocenters. The maximum absolute atomic E-state index is 2.43. The summed E-state index contributed by atoms with van der Waals surface area (Å²) in [6.45, 7) is 9.55. The van der Waals surface area contributed by atoms with E-state index in [0.717, 1.165) is 4.48 Å². The summed E-state index contributed by atoms with van der Waals surface area (Å²) in [7, 11) is 0. The van der Waals surface area contributed by atoms with Crippen molar-refractivity contribution < 1.29 is 4.48 Å². The first-order chi connectivity index (χ1) is 13.7. The normalized spacial score (nSPS) is 19.0. The van der Waals surface area contributed by atoms with E-state index in [1.807, 2.05) is 0 Å². The fourth-order valence-electron chi connectivity index (χ4n) is 4.56. The SMILES string of the molecule is CCCCCCCCCCCCCCCCCCC[N+]1(C(C)C)C=CC=CC1. The first-order valence-electron chi connectivity index (χ1n) is 12.9. The van der Waals surface area contributed by atoms with Gasteiger partial charge in [-0.15, -0.1) is 0 Å². The second-order valence-corrected chi connectivity index (χ2v) is 9.53. The summed E-state index contributed by atoms with van der Waals surface area (Å²) < 4.78 is 1.16. The van der Waals surface area contributed by atoms with Crippen molar-refractivity contribution in [2.24, 2.45) is 0 Å². The highest BCUT2D eigenvalue weighted by molar-refractivity contribution is 5.04. The lowest BCUT2D eigenvalue weighted by Crippen LogP contribution is -2.49. The van der Waals surface area contributed by atoms with E-state index in [1.54, 1.807) is 0 Å². The minimum absolute atomic E-state index is 0.697. The van der Waals surface area contributed by atoms with Crippen LogP contribution in [-0.2, 0) is 0 Å². The van der Waals surface area contributed by atoms with E-state index < -0.39 is 0 Å². The van der Waals surface area contributed by atoms with Gasteiger partial charge in [0.25, 0.3) is 0 Å². The molecule has 0 aromatic carbocycles. The molecule has 0 aromatic heterocycles. The third-order valence-corrected chi connectivity index (χ3v) is 6.78. The topological polar surface area (TPSA) is 0 Å². The Balaban J connectivity index is 1.82. The minimum atomic E-state index is 0.697. The lowest BCUT2D eigenvalue weighted by molar-refractivity contribution is -0.895. The molecule has 164 valence electrons. The molecule has 1 rings (SSSR count). The Hall–Kier alpha value is -0.560. The van der Waals surface area contributed by atoms with Crippen molar-refractivity contribution in [1.29, 1.82) is 0 Å². The first kappa shape index (κ1) is 25.5. The predicted octanol–water partition coefficient (Wildman–Crippen LogP) is 8.95. The highest BCUT2D eigenvalue weighted by Crippen LogP contribution is 2.21. The standard InChI is InChI=1S/C27H52N/c1-4-5-6-7-8-9-10-11-12-13-14-15-16-17-18-19-21-24-28(27(2)3)25-22-20-23-26-28/h20,22-23,25,27H,4-19,21,24,26H2,1-3H3/q+1. The van der Waals surface area contributed by atoms with Crippen LogP contribution >= 0.6 is 0 Å². The molecule has 0 fully saturated rings. The number of quaternary nitrogens is 1. The summed E-state index contributed by atoms with van der Waals surface area (Å²) in [5.74, 6) is 0. The highest BCUT2D eigenvalue weighted by atomic mass is 15.4. The van der Waals surface area contributed by atoms with Crippen LogP contribution in [-0.4, -0.2) is 23.6 Å². The molecule has 28 heavy (non-hydrogen) atoms. The van der Waals surface area contributed by atoms with Gasteiger partial charge in [-0.25, -0.2) is 0 Å². The zero-order valence-electron chi connectivity index (χ0n) is 19.8. The Morgan fingerprint density at radius 1 is 0.607 bits per heavy atom. The second kappa shape index (κ2) is 17.3. The van der Waals surface area contributed by atoms with Crippen molar-refractivity contribution in [3.63, 3.8) is 0 Å².